The summed E-state index contributed by atoms with van der Waals surface area (Å²) >= 11 is 5.44. The van der Waals surface area contributed by atoms with Gasteiger partial charge in [-0.15, -0.1) is 11.3 Å². The summed E-state index contributed by atoms with van der Waals surface area (Å²) in [5.74, 6) is 0. The highest BCUT2D eigenvalue weighted by atomic mass is 79.9. The van der Waals surface area contributed by atoms with Crippen LogP contribution in [0.15, 0.2) is 15.9 Å². The van der Waals surface area contributed by atoms with Crippen molar-refractivity contribution in [2.24, 2.45) is 0 Å². The first-order valence-corrected chi connectivity index (χ1v) is 8.00. The van der Waals surface area contributed by atoms with Crippen LogP contribution in [0.5, 0.6) is 0 Å². The molecule has 0 spiro atoms. The van der Waals surface area contributed by atoms with Crippen LogP contribution in [0, 0.1) is 0 Å². The average molecular weight is 318 g/mol. The normalized spacial score (nSPS) is 21.9. The molecule has 0 bridgehead atoms. The zero-order valence-corrected chi connectivity index (χ0v) is 12.6. The Bertz CT molecular complexity index is 336. The molecule has 1 aliphatic heterocycles. The first-order valence-electron chi connectivity index (χ1n) is 6.33. The molecule has 1 fully saturated rings. The summed E-state index contributed by atoms with van der Waals surface area (Å²) in [6.45, 7) is 0.969. The molecule has 2 unspecified atom stereocenters. The summed E-state index contributed by atoms with van der Waals surface area (Å²) in [6.07, 6.45) is 6.67. The van der Waals surface area contributed by atoms with Crippen molar-refractivity contribution in [1.29, 1.82) is 0 Å². The molecule has 1 aromatic rings. The molecule has 17 heavy (non-hydrogen) atoms. The van der Waals surface area contributed by atoms with Crippen molar-refractivity contribution in [3.8, 4) is 0 Å². The fourth-order valence-electron chi connectivity index (χ4n) is 2.38. The average Bonchev–Trinajstić information content (AvgIpc) is 2.96. The van der Waals surface area contributed by atoms with E-state index in [2.05, 4.69) is 32.7 Å². The maximum atomic E-state index is 5.66. The van der Waals surface area contributed by atoms with Gasteiger partial charge in [0, 0.05) is 22.0 Å². The highest BCUT2D eigenvalue weighted by Crippen LogP contribution is 2.32. The molecule has 0 amide bonds. The highest BCUT2D eigenvalue weighted by molar-refractivity contribution is 9.10. The van der Waals surface area contributed by atoms with Gasteiger partial charge in [0.05, 0.1) is 6.10 Å². The SMILES string of the molecule is CNC(CCCC1CCCO1)c1sccc1Br. The third kappa shape index (κ3) is 3.78. The van der Waals surface area contributed by atoms with E-state index in [1.54, 1.807) is 0 Å². The van der Waals surface area contributed by atoms with Crippen LogP contribution in [-0.4, -0.2) is 19.8 Å². The van der Waals surface area contributed by atoms with Crippen LogP contribution in [0.4, 0.5) is 0 Å². The number of halogens is 1. The standard InChI is InChI=1S/C13H20BrNOS/c1-15-12(13-11(14)7-9-17-13)6-2-4-10-5-3-8-16-10/h7,9-10,12,15H,2-6,8H2,1H3. The van der Waals surface area contributed by atoms with Gasteiger partial charge >= 0.3 is 0 Å². The Morgan fingerprint density at radius 2 is 2.53 bits per heavy atom. The van der Waals surface area contributed by atoms with Crippen LogP contribution >= 0.6 is 27.3 Å². The van der Waals surface area contributed by atoms with Crippen LogP contribution in [0.3, 0.4) is 0 Å². The number of hydrogen-bond acceptors (Lipinski definition) is 3. The Balaban J connectivity index is 1.77. The first kappa shape index (κ1) is 13.5. The van der Waals surface area contributed by atoms with Crippen LogP contribution < -0.4 is 5.32 Å². The first-order chi connectivity index (χ1) is 8.31. The maximum Gasteiger partial charge on any atom is 0.0576 e. The van der Waals surface area contributed by atoms with E-state index in [1.165, 1.54) is 41.5 Å². The number of rotatable bonds is 6. The molecule has 0 aliphatic carbocycles. The molecule has 2 rings (SSSR count). The van der Waals surface area contributed by atoms with E-state index in [1.807, 2.05) is 18.4 Å². The molecule has 2 nitrogen and oxygen atoms in total. The van der Waals surface area contributed by atoms with Gasteiger partial charge in [0.2, 0.25) is 0 Å². The van der Waals surface area contributed by atoms with Crippen molar-refractivity contribution < 1.29 is 4.74 Å². The maximum absolute atomic E-state index is 5.66. The lowest BCUT2D eigenvalue weighted by Crippen LogP contribution is -2.16. The van der Waals surface area contributed by atoms with Crippen molar-refractivity contribution in [1.82, 2.24) is 5.32 Å². The van der Waals surface area contributed by atoms with Gasteiger partial charge in [-0.3, -0.25) is 0 Å². The molecule has 0 saturated carbocycles. The summed E-state index contributed by atoms with van der Waals surface area (Å²) in [5.41, 5.74) is 0. The Morgan fingerprint density at radius 3 is 3.12 bits per heavy atom. The number of thiophene rings is 1. The van der Waals surface area contributed by atoms with Gasteiger partial charge in [-0.1, -0.05) is 0 Å². The lowest BCUT2D eigenvalue weighted by atomic mass is 10.0. The van der Waals surface area contributed by atoms with Crippen LogP contribution in [0.1, 0.15) is 43.0 Å². The number of nitrogens with one attached hydrogen (secondary N) is 1. The largest absolute Gasteiger partial charge is 0.378 e. The van der Waals surface area contributed by atoms with Gasteiger partial charge in [0.25, 0.3) is 0 Å². The Morgan fingerprint density at radius 1 is 1.65 bits per heavy atom. The molecule has 1 aromatic heterocycles. The van der Waals surface area contributed by atoms with Gasteiger partial charge < -0.3 is 10.1 Å². The smallest absolute Gasteiger partial charge is 0.0576 e. The van der Waals surface area contributed by atoms with Crippen molar-refractivity contribution in [2.45, 2.75) is 44.2 Å². The summed E-state index contributed by atoms with van der Waals surface area (Å²) < 4.78 is 6.89. The van der Waals surface area contributed by atoms with Crippen molar-refractivity contribution in [3.05, 3.63) is 20.8 Å². The third-order valence-electron chi connectivity index (χ3n) is 3.35. The molecular formula is C13H20BrNOS. The Kier molecular flexibility index (Phi) is 5.48. The second-order valence-corrected chi connectivity index (χ2v) is 6.34. The highest BCUT2D eigenvalue weighted by Gasteiger charge is 2.17. The van der Waals surface area contributed by atoms with Gasteiger partial charge in [0.15, 0.2) is 0 Å². The van der Waals surface area contributed by atoms with Crippen molar-refractivity contribution in [2.75, 3.05) is 13.7 Å². The zero-order valence-electron chi connectivity index (χ0n) is 10.2. The van der Waals surface area contributed by atoms with E-state index in [-0.39, 0.29) is 0 Å². The van der Waals surface area contributed by atoms with E-state index in [0.29, 0.717) is 12.1 Å². The molecule has 4 heteroatoms. The minimum Gasteiger partial charge on any atom is -0.378 e. The summed E-state index contributed by atoms with van der Waals surface area (Å²) in [6, 6.07) is 2.61. The van der Waals surface area contributed by atoms with Crippen LogP contribution in [0.2, 0.25) is 0 Å². The zero-order chi connectivity index (χ0) is 12.1. The van der Waals surface area contributed by atoms with Gasteiger partial charge in [-0.2, -0.15) is 0 Å². The number of hydrogen-bond donors (Lipinski definition) is 1. The monoisotopic (exact) mass is 317 g/mol. The van der Waals surface area contributed by atoms with E-state index < -0.39 is 0 Å². The molecule has 1 N–H and O–H groups in total. The summed E-state index contributed by atoms with van der Waals surface area (Å²) in [4.78, 5) is 1.42. The van der Waals surface area contributed by atoms with E-state index in [4.69, 9.17) is 4.74 Å². The quantitative estimate of drug-likeness (QED) is 0.852. The van der Waals surface area contributed by atoms with Gasteiger partial charge in [-0.25, -0.2) is 0 Å². The van der Waals surface area contributed by atoms with Gasteiger partial charge in [0.1, 0.15) is 0 Å². The molecule has 1 aliphatic rings. The third-order valence-corrected chi connectivity index (χ3v) is 5.34. The molecule has 2 heterocycles. The topological polar surface area (TPSA) is 21.3 Å². The van der Waals surface area contributed by atoms with Gasteiger partial charge in [-0.05, 0) is 66.5 Å². The summed E-state index contributed by atoms with van der Waals surface area (Å²) in [5, 5.41) is 5.55. The predicted molar refractivity (Wildman–Crippen MR) is 76.6 cm³/mol. The molecule has 1 saturated heterocycles. The van der Waals surface area contributed by atoms with E-state index >= 15 is 0 Å². The Hall–Kier alpha value is 0.100. The minimum absolute atomic E-state index is 0.478. The lowest BCUT2D eigenvalue weighted by molar-refractivity contribution is 0.101. The second kappa shape index (κ2) is 6.88. The second-order valence-electron chi connectivity index (χ2n) is 4.54. The lowest BCUT2D eigenvalue weighted by Gasteiger charge is -2.16. The van der Waals surface area contributed by atoms with Crippen molar-refractivity contribution >= 4 is 27.3 Å². The molecular weight excluding hydrogens is 298 g/mol. The Labute approximate surface area is 116 Å². The van der Waals surface area contributed by atoms with E-state index in [9.17, 15) is 0 Å². The van der Waals surface area contributed by atoms with Crippen LogP contribution in [-0.2, 0) is 4.74 Å². The molecule has 96 valence electrons. The molecule has 0 radical (unpaired) electrons. The fourth-order valence-corrected chi connectivity index (χ4v) is 4.18. The predicted octanol–water partition coefficient (Wildman–Crippen LogP) is 4.12. The molecule has 0 aromatic carbocycles. The fraction of sp³-hybridized carbons (Fsp3) is 0.692. The molecule has 2 atom stereocenters. The minimum atomic E-state index is 0.478. The summed E-state index contributed by atoms with van der Waals surface area (Å²) in [7, 11) is 2.04. The van der Waals surface area contributed by atoms with Crippen molar-refractivity contribution in [3.63, 3.8) is 0 Å². The van der Waals surface area contributed by atoms with E-state index in [0.717, 1.165) is 6.61 Å². The van der Waals surface area contributed by atoms with Crippen LogP contribution in [0.25, 0.3) is 0 Å². The number of ether oxygens (including phenoxy) is 1.